The van der Waals surface area contributed by atoms with Crippen LogP contribution in [0.4, 0.5) is 0 Å². The minimum Gasteiger partial charge on any atom is -0.508 e. The Kier molecular flexibility index (Phi) is 27.2. The molecule has 10 atom stereocenters. The van der Waals surface area contributed by atoms with Gasteiger partial charge in [-0.3, -0.25) is 57.5 Å². The third kappa shape index (κ3) is 22.0. The van der Waals surface area contributed by atoms with Crippen molar-refractivity contribution in [3.63, 3.8) is 0 Å². The van der Waals surface area contributed by atoms with Gasteiger partial charge in [-0.05, 0) is 91.3 Å². The molecule has 0 aromatic heterocycles. The fourth-order valence-electron chi connectivity index (χ4n) is 11.0. The Hall–Kier alpha value is -9.72. The van der Waals surface area contributed by atoms with Gasteiger partial charge in [0.2, 0.25) is 70.9 Å². The highest BCUT2D eigenvalue weighted by Crippen LogP contribution is 2.22. The molecule has 2 heterocycles. The van der Waals surface area contributed by atoms with E-state index in [1.54, 1.807) is 105 Å². The highest BCUT2D eigenvalue weighted by atomic mass is 16.3. The average molecular weight is 1270 g/mol. The van der Waals surface area contributed by atoms with Crippen LogP contribution in [-0.2, 0) is 83.2 Å². The van der Waals surface area contributed by atoms with Crippen molar-refractivity contribution in [3.8, 4) is 5.75 Å². The lowest BCUT2D eigenvalue weighted by molar-refractivity contribution is -0.142. The number of nitrogens with two attached hydrogens (primary N) is 3. The normalized spacial score (nSPS) is 23.9. The van der Waals surface area contributed by atoms with Crippen LogP contribution < -0.4 is 65.1 Å². The average Bonchev–Trinajstić information content (AvgIpc) is 1.56. The van der Waals surface area contributed by atoms with Gasteiger partial charge >= 0.3 is 0 Å². The Balaban J connectivity index is 1.46. The van der Waals surface area contributed by atoms with Gasteiger partial charge in [-0.25, -0.2) is 0 Å². The van der Waals surface area contributed by atoms with Gasteiger partial charge < -0.3 is 75.1 Å². The molecule has 2 unspecified atom stereocenters. The van der Waals surface area contributed by atoms with E-state index in [2.05, 4.69) is 47.9 Å². The highest BCUT2D eigenvalue weighted by Gasteiger charge is 2.42. The lowest BCUT2D eigenvalue weighted by Crippen LogP contribution is -2.62. The maximum atomic E-state index is 15.1. The van der Waals surface area contributed by atoms with Gasteiger partial charge in [0.1, 0.15) is 66.2 Å². The molecule has 2 fully saturated rings. The molecule has 0 aliphatic carbocycles. The van der Waals surface area contributed by atoms with E-state index in [0.29, 0.717) is 28.7 Å². The summed E-state index contributed by atoms with van der Waals surface area (Å²) in [6.07, 6.45) is -1.75. The molecule has 16 N–H and O–H groups in total. The first-order valence-corrected chi connectivity index (χ1v) is 31.1. The second-order valence-corrected chi connectivity index (χ2v) is 24.1. The Morgan fingerprint density at radius 3 is 1.34 bits per heavy atom. The van der Waals surface area contributed by atoms with Gasteiger partial charge in [0.05, 0.1) is 6.42 Å². The van der Waals surface area contributed by atoms with Crippen LogP contribution in [0.2, 0.25) is 0 Å². The van der Waals surface area contributed by atoms with E-state index in [0.717, 1.165) is 0 Å². The van der Waals surface area contributed by atoms with Gasteiger partial charge in [0, 0.05) is 38.6 Å². The second-order valence-electron chi connectivity index (χ2n) is 24.1. The van der Waals surface area contributed by atoms with Crippen molar-refractivity contribution in [1.82, 2.24) is 52.8 Å². The molecular weight excluding hydrogens is 1180 g/mol. The van der Waals surface area contributed by atoms with Crippen LogP contribution in [0.25, 0.3) is 0 Å². The van der Waals surface area contributed by atoms with E-state index in [1.165, 1.54) is 29.2 Å². The number of rotatable bonds is 19. The van der Waals surface area contributed by atoms with Crippen molar-refractivity contribution >= 4 is 70.9 Å². The third-order valence-corrected chi connectivity index (χ3v) is 15.8. The summed E-state index contributed by atoms with van der Waals surface area (Å²) in [4.78, 5) is 174. The number of primary amides is 2. The van der Waals surface area contributed by atoms with Crippen LogP contribution in [0.5, 0.6) is 5.75 Å². The maximum absolute atomic E-state index is 15.1. The number of phenolic OH excluding ortho intramolecular Hbond substituents is 1. The Bertz CT molecular complexity index is 3210. The van der Waals surface area contributed by atoms with E-state index in [-0.39, 0.29) is 76.1 Å². The molecule has 26 nitrogen and oxygen atoms in total. The van der Waals surface area contributed by atoms with Crippen LogP contribution in [0, 0.1) is 11.8 Å². The smallest absolute Gasteiger partial charge is 0.246 e. The topological polar surface area (TPSA) is 415 Å². The highest BCUT2D eigenvalue weighted by molar-refractivity contribution is 6.01. The number of aromatic hydroxyl groups is 1. The number of nitrogens with zero attached hydrogens (tertiary/aromatic N) is 1. The Morgan fingerprint density at radius 2 is 0.859 bits per heavy atom. The van der Waals surface area contributed by atoms with E-state index in [9.17, 15) is 57.8 Å². The Labute approximate surface area is 534 Å². The van der Waals surface area contributed by atoms with E-state index >= 15 is 4.79 Å². The zero-order valence-electron chi connectivity index (χ0n) is 52.3. The first-order chi connectivity index (χ1) is 43.9. The largest absolute Gasteiger partial charge is 0.508 e. The summed E-state index contributed by atoms with van der Waals surface area (Å²) in [5.74, 6) is -11.8. The molecule has 26 heteroatoms. The van der Waals surface area contributed by atoms with E-state index in [4.69, 9.17) is 17.2 Å². The molecule has 4 aromatic carbocycles. The predicted molar refractivity (Wildman–Crippen MR) is 339 cm³/mol. The number of amides is 12. The summed E-state index contributed by atoms with van der Waals surface area (Å²) in [5.41, 5.74) is 19.3. The van der Waals surface area contributed by atoms with Gasteiger partial charge in [0.25, 0.3) is 0 Å². The predicted octanol–water partition coefficient (Wildman–Crippen LogP) is -0.388. The number of benzene rings is 4. The van der Waals surface area contributed by atoms with Crippen LogP contribution in [0.15, 0.2) is 115 Å². The summed E-state index contributed by atoms with van der Waals surface area (Å²) < 4.78 is 0. The van der Waals surface area contributed by atoms with Crippen molar-refractivity contribution < 1.29 is 62.6 Å². The summed E-state index contributed by atoms with van der Waals surface area (Å²) in [7, 11) is 0. The zero-order chi connectivity index (χ0) is 67.0. The fourth-order valence-corrected chi connectivity index (χ4v) is 11.0. The Morgan fingerprint density at radius 1 is 0.467 bits per heavy atom. The number of nitrogens with one attached hydrogen (secondary N) is 9. The number of carbonyl (C=O) groups excluding carboxylic acids is 12. The van der Waals surface area contributed by atoms with Crippen LogP contribution in [0.1, 0.15) is 101 Å². The minimum atomic E-state index is -1.85. The van der Waals surface area contributed by atoms with Gasteiger partial charge in [-0.2, -0.15) is 0 Å². The van der Waals surface area contributed by atoms with Crippen molar-refractivity contribution in [2.45, 2.75) is 165 Å². The van der Waals surface area contributed by atoms with Crippen LogP contribution in [0.3, 0.4) is 0 Å². The minimum absolute atomic E-state index is 0.0273. The van der Waals surface area contributed by atoms with E-state index < -0.39 is 156 Å². The molecule has 4 aromatic rings. The molecule has 92 heavy (non-hydrogen) atoms. The number of carbonyl (C=O) groups is 12. The molecule has 0 bridgehead atoms. The fraction of sp³-hybridized carbons (Fsp3) is 0.455. The van der Waals surface area contributed by atoms with Crippen LogP contribution >= 0.6 is 0 Å². The first kappa shape index (κ1) is 71.4. The molecule has 0 saturated carbocycles. The molecular formula is C66H87N13O13. The van der Waals surface area contributed by atoms with Crippen LogP contribution in [-0.4, -0.2) is 154 Å². The number of hydrogen-bond donors (Lipinski definition) is 13. The van der Waals surface area contributed by atoms with Crippen molar-refractivity contribution in [2.75, 3.05) is 13.1 Å². The molecule has 12 amide bonds. The first-order valence-electron chi connectivity index (χ1n) is 31.1. The SMILES string of the molecule is CC(C)C[C@@H]1NC(=O)[C@H](CCCN)NC(=O)[C@H](C(C)C)NC(=O)[C@H](Cc2ccc(O)cc2)NC(=O)[C@H](CCC(N)=O)NC(=O)[C@H](CC(N)=O)NC(=O)[C@@H](Cc2ccccc2)NC(=O)C(Cc2ccccc2)NC(=O)C2CCCN2C(=O)[C@@H](Cc2ccccc2)NC1=O. The van der Waals surface area contributed by atoms with Gasteiger partial charge in [-0.15, -0.1) is 0 Å². The van der Waals surface area contributed by atoms with Crippen molar-refractivity contribution in [1.29, 1.82) is 0 Å². The van der Waals surface area contributed by atoms with Gasteiger partial charge in [-0.1, -0.05) is 131 Å². The second kappa shape index (κ2) is 35.0. The van der Waals surface area contributed by atoms with Gasteiger partial charge in [0.15, 0.2) is 0 Å². The zero-order valence-corrected chi connectivity index (χ0v) is 52.3. The molecule has 0 spiro atoms. The molecule has 2 saturated heterocycles. The third-order valence-electron chi connectivity index (χ3n) is 15.8. The molecule has 2 aliphatic rings. The summed E-state index contributed by atoms with van der Waals surface area (Å²) >= 11 is 0. The lowest BCUT2D eigenvalue weighted by atomic mass is 9.98. The summed E-state index contributed by atoms with van der Waals surface area (Å²) in [6.45, 7) is 7.05. The quantitative estimate of drug-likeness (QED) is 0.0569. The molecule has 0 radical (unpaired) electrons. The summed E-state index contributed by atoms with van der Waals surface area (Å²) in [6, 6.07) is 16.9. The molecule has 494 valence electrons. The molecule has 2 aliphatic heterocycles. The van der Waals surface area contributed by atoms with E-state index in [1.807, 2.05) is 13.8 Å². The number of phenols is 1. The molecule has 6 rings (SSSR count). The lowest BCUT2D eigenvalue weighted by Gasteiger charge is -2.32. The maximum Gasteiger partial charge on any atom is 0.246 e. The standard InChI is InChI=1S/C66H87N13O13/c1-38(2)32-47-59(85)77-52(36-42-20-12-7-13-21-42)66(92)79-31-15-23-53(79)64(90)76-49(34-41-18-10-6-11-19-41)61(87)74-48(33-40-16-8-5-9-17-40)60(86)75-51(37-55(69)82)62(88)70-46(28-29-54(68)81)58(84)73-50(35-43-24-26-44(80)27-25-43)63(89)78-56(39(3)4)65(91)71-45(22-14-30-67)57(83)72-47/h5-13,16-21,24-27,38-39,45-53,56,80H,14-15,22-23,28-37,67H2,1-4H3,(H2,68,81)(H2,69,82)(H,70,88)(H,71,91)(H,72,83)(H,73,84)(H,74,87)(H,75,86)(H,76,90)(H,77,85)(H,78,89)/t45-,46-,47-,48+,49?,50-,51-,52+,53?,56-/m0/s1. The number of hydrogen-bond acceptors (Lipinski definition) is 14. The number of fused-ring (bicyclic) bond motifs is 1. The summed E-state index contributed by atoms with van der Waals surface area (Å²) in [5, 5.41) is 34.3. The van der Waals surface area contributed by atoms with Crippen molar-refractivity contribution in [3.05, 3.63) is 138 Å². The monoisotopic (exact) mass is 1270 g/mol. The van der Waals surface area contributed by atoms with Crippen molar-refractivity contribution in [2.24, 2.45) is 29.0 Å².